The number of nitrogens with zero attached hydrogens (tertiary/aromatic N) is 2. The molecular weight excluding hydrogens is 266 g/mol. The molecule has 21 heavy (non-hydrogen) atoms. The predicted octanol–water partition coefficient (Wildman–Crippen LogP) is 2.12. The molecule has 2 aromatic rings. The van der Waals surface area contributed by atoms with E-state index in [0.717, 1.165) is 16.8 Å². The molecule has 1 N–H and O–H groups in total. The van der Waals surface area contributed by atoms with E-state index in [4.69, 9.17) is 4.74 Å². The van der Waals surface area contributed by atoms with Crippen LogP contribution in [-0.2, 0) is 23.1 Å². The van der Waals surface area contributed by atoms with Gasteiger partial charge in [-0.15, -0.1) is 0 Å². The van der Waals surface area contributed by atoms with Crippen LogP contribution in [0.2, 0.25) is 0 Å². The van der Waals surface area contributed by atoms with E-state index in [0.29, 0.717) is 13.2 Å². The Morgan fingerprint density at radius 2 is 2.10 bits per heavy atom. The van der Waals surface area contributed by atoms with Crippen molar-refractivity contribution in [1.29, 1.82) is 0 Å². The van der Waals surface area contributed by atoms with Gasteiger partial charge in [-0.1, -0.05) is 30.3 Å². The summed E-state index contributed by atoms with van der Waals surface area (Å²) < 4.78 is 6.93. The minimum atomic E-state index is -0.467. The molecule has 0 aliphatic carbocycles. The van der Waals surface area contributed by atoms with E-state index in [1.165, 1.54) is 0 Å². The highest BCUT2D eigenvalue weighted by atomic mass is 16.5. The van der Waals surface area contributed by atoms with Crippen molar-refractivity contribution in [2.45, 2.75) is 26.4 Å². The number of hydrogen-bond acceptors (Lipinski definition) is 4. The molecule has 2 rings (SSSR count). The summed E-state index contributed by atoms with van der Waals surface area (Å²) in [5.41, 5.74) is 2.93. The lowest BCUT2D eigenvalue weighted by molar-refractivity contribution is -0.145. The van der Waals surface area contributed by atoms with E-state index in [1.54, 1.807) is 4.68 Å². The van der Waals surface area contributed by atoms with Gasteiger partial charge in [0.2, 0.25) is 0 Å². The summed E-state index contributed by atoms with van der Waals surface area (Å²) in [6.07, 6.45) is 1.95. The number of ether oxygens (including phenoxy) is 1. The van der Waals surface area contributed by atoms with Crippen LogP contribution in [0.4, 0.5) is 0 Å². The lowest BCUT2D eigenvalue weighted by Gasteiger charge is -2.17. The standard InChI is InChI=1S/C16H21N3O2/c1-4-21-16(20)15(13-8-6-5-7-9-13)17-10-14-11-19(3)18-12(14)2/h5-9,11,15,17H,4,10H2,1-3H3. The van der Waals surface area contributed by atoms with E-state index in [-0.39, 0.29) is 5.97 Å². The summed E-state index contributed by atoms with van der Waals surface area (Å²) in [4.78, 5) is 12.1. The normalized spacial score (nSPS) is 12.1. The minimum Gasteiger partial charge on any atom is -0.465 e. The minimum absolute atomic E-state index is 0.259. The summed E-state index contributed by atoms with van der Waals surface area (Å²) >= 11 is 0. The molecule has 1 atom stereocenters. The third-order valence-corrected chi connectivity index (χ3v) is 3.27. The van der Waals surface area contributed by atoms with Crippen LogP contribution >= 0.6 is 0 Å². The van der Waals surface area contributed by atoms with Gasteiger partial charge in [0.25, 0.3) is 0 Å². The first-order chi connectivity index (χ1) is 10.1. The molecule has 0 aliphatic rings. The molecule has 0 spiro atoms. The number of carbonyl (C=O) groups is 1. The van der Waals surface area contributed by atoms with E-state index in [9.17, 15) is 4.79 Å². The molecule has 0 saturated heterocycles. The number of aromatic nitrogens is 2. The molecule has 1 aromatic carbocycles. The van der Waals surface area contributed by atoms with Crippen molar-refractivity contribution in [3.05, 3.63) is 53.3 Å². The quantitative estimate of drug-likeness (QED) is 0.827. The van der Waals surface area contributed by atoms with Crippen molar-refractivity contribution < 1.29 is 9.53 Å². The van der Waals surface area contributed by atoms with Crippen molar-refractivity contribution in [1.82, 2.24) is 15.1 Å². The number of benzene rings is 1. The summed E-state index contributed by atoms with van der Waals surface area (Å²) in [5.74, 6) is -0.259. The van der Waals surface area contributed by atoms with Gasteiger partial charge in [-0.25, -0.2) is 4.79 Å². The molecule has 0 saturated carbocycles. The third kappa shape index (κ3) is 3.92. The lowest BCUT2D eigenvalue weighted by atomic mass is 10.1. The zero-order valence-electron chi connectivity index (χ0n) is 12.7. The van der Waals surface area contributed by atoms with E-state index in [1.807, 2.05) is 57.4 Å². The van der Waals surface area contributed by atoms with Crippen LogP contribution in [0.3, 0.4) is 0 Å². The SMILES string of the molecule is CCOC(=O)C(NCc1cn(C)nc1C)c1ccccc1. The van der Waals surface area contributed by atoms with Gasteiger partial charge in [-0.3, -0.25) is 10.00 Å². The van der Waals surface area contributed by atoms with Gasteiger partial charge < -0.3 is 4.74 Å². The van der Waals surface area contributed by atoms with Crippen LogP contribution in [0.15, 0.2) is 36.5 Å². The lowest BCUT2D eigenvalue weighted by Crippen LogP contribution is -2.30. The van der Waals surface area contributed by atoms with E-state index in [2.05, 4.69) is 10.4 Å². The van der Waals surface area contributed by atoms with Crippen LogP contribution in [-0.4, -0.2) is 22.4 Å². The first-order valence-corrected chi connectivity index (χ1v) is 7.06. The number of esters is 1. The fourth-order valence-corrected chi connectivity index (χ4v) is 2.24. The molecule has 0 fully saturated rings. The molecule has 112 valence electrons. The van der Waals surface area contributed by atoms with Gasteiger partial charge in [0.05, 0.1) is 12.3 Å². The van der Waals surface area contributed by atoms with E-state index >= 15 is 0 Å². The van der Waals surface area contributed by atoms with Gasteiger partial charge in [0.15, 0.2) is 0 Å². The second kappa shape index (κ2) is 7.04. The first-order valence-electron chi connectivity index (χ1n) is 7.06. The number of hydrogen-bond donors (Lipinski definition) is 1. The Kier molecular flexibility index (Phi) is 5.11. The average Bonchev–Trinajstić information content (AvgIpc) is 2.79. The Hall–Kier alpha value is -2.14. The number of nitrogens with one attached hydrogen (secondary N) is 1. The largest absolute Gasteiger partial charge is 0.465 e. The number of aryl methyl sites for hydroxylation is 2. The van der Waals surface area contributed by atoms with Crippen LogP contribution in [0.5, 0.6) is 0 Å². The molecule has 5 nitrogen and oxygen atoms in total. The smallest absolute Gasteiger partial charge is 0.327 e. The fourth-order valence-electron chi connectivity index (χ4n) is 2.24. The molecule has 5 heteroatoms. The van der Waals surface area contributed by atoms with Crippen molar-refractivity contribution in [2.24, 2.45) is 7.05 Å². The summed E-state index contributed by atoms with van der Waals surface area (Å²) in [6, 6.07) is 9.13. The number of rotatable bonds is 6. The maximum absolute atomic E-state index is 12.1. The molecular formula is C16H21N3O2. The highest BCUT2D eigenvalue weighted by Crippen LogP contribution is 2.16. The van der Waals surface area contributed by atoms with Gasteiger partial charge in [0.1, 0.15) is 6.04 Å². The Morgan fingerprint density at radius 3 is 2.67 bits per heavy atom. The number of carbonyl (C=O) groups excluding carboxylic acids is 1. The molecule has 1 aromatic heterocycles. The molecule has 0 amide bonds. The topological polar surface area (TPSA) is 56.1 Å². The van der Waals surface area contributed by atoms with Crippen molar-refractivity contribution in [3.8, 4) is 0 Å². The highest BCUT2D eigenvalue weighted by molar-refractivity contribution is 5.77. The van der Waals surface area contributed by atoms with Crippen LogP contribution in [0.1, 0.15) is 29.8 Å². The molecule has 0 bridgehead atoms. The van der Waals surface area contributed by atoms with Crippen molar-refractivity contribution in [2.75, 3.05) is 6.61 Å². The van der Waals surface area contributed by atoms with Gasteiger partial charge in [-0.2, -0.15) is 5.10 Å². The third-order valence-electron chi connectivity index (χ3n) is 3.27. The first kappa shape index (κ1) is 15.3. The second-order valence-corrected chi connectivity index (χ2v) is 4.89. The maximum atomic E-state index is 12.1. The van der Waals surface area contributed by atoms with Gasteiger partial charge in [0, 0.05) is 25.4 Å². The zero-order valence-corrected chi connectivity index (χ0v) is 12.7. The second-order valence-electron chi connectivity index (χ2n) is 4.89. The van der Waals surface area contributed by atoms with Crippen LogP contribution in [0, 0.1) is 6.92 Å². The van der Waals surface area contributed by atoms with Gasteiger partial charge in [-0.05, 0) is 19.4 Å². The van der Waals surface area contributed by atoms with Crippen molar-refractivity contribution in [3.63, 3.8) is 0 Å². The molecule has 1 unspecified atom stereocenters. The molecule has 0 aliphatic heterocycles. The maximum Gasteiger partial charge on any atom is 0.327 e. The summed E-state index contributed by atoms with van der Waals surface area (Å²) in [7, 11) is 1.89. The highest BCUT2D eigenvalue weighted by Gasteiger charge is 2.21. The molecule has 1 heterocycles. The Bertz CT molecular complexity index is 593. The Morgan fingerprint density at radius 1 is 1.38 bits per heavy atom. The van der Waals surface area contributed by atoms with Crippen molar-refractivity contribution >= 4 is 5.97 Å². The predicted molar refractivity (Wildman–Crippen MR) is 80.6 cm³/mol. The zero-order chi connectivity index (χ0) is 15.2. The summed E-state index contributed by atoms with van der Waals surface area (Å²) in [6.45, 7) is 4.71. The van der Waals surface area contributed by atoms with E-state index < -0.39 is 6.04 Å². The average molecular weight is 287 g/mol. The summed E-state index contributed by atoms with van der Waals surface area (Å²) in [5, 5.41) is 7.57. The monoisotopic (exact) mass is 287 g/mol. The fraction of sp³-hybridized carbons (Fsp3) is 0.375. The van der Waals surface area contributed by atoms with Gasteiger partial charge >= 0.3 is 5.97 Å². The Balaban J connectivity index is 2.13. The van der Waals surface area contributed by atoms with Crippen LogP contribution < -0.4 is 5.32 Å². The molecule has 0 radical (unpaired) electrons. The van der Waals surface area contributed by atoms with Crippen LogP contribution in [0.25, 0.3) is 0 Å². The Labute approximate surface area is 124 Å².